The van der Waals surface area contributed by atoms with Crippen molar-refractivity contribution in [2.24, 2.45) is 17.6 Å². The molecule has 0 spiro atoms. The molecule has 19 heavy (non-hydrogen) atoms. The molecule has 3 N–H and O–H groups in total. The maximum atomic E-state index is 11.6. The molecule has 1 rings (SSSR count). The van der Waals surface area contributed by atoms with Crippen molar-refractivity contribution >= 4 is 5.91 Å². The van der Waals surface area contributed by atoms with Gasteiger partial charge in [-0.05, 0) is 51.0 Å². The lowest BCUT2D eigenvalue weighted by Gasteiger charge is -2.35. The van der Waals surface area contributed by atoms with E-state index in [1.165, 1.54) is 6.42 Å². The summed E-state index contributed by atoms with van der Waals surface area (Å²) in [6, 6.07) is 0. The first-order valence-electron chi connectivity index (χ1n) is 7.55. The average Bonchev–Trinajstić information content (AvgIpc) is 2.37. The summed E-state index contributed by atoms with van der Waals surface area (Å²) in [6.07, 6.45) is 4.63. The van der Waals surface area contributed by atoms with Crippen LogP contribution in [0, 0.1) is 11.8 Å². The highest BCUT2D eigenvalue weighted by molar-refractivity contribution is 5.84. The fraction of sp³-hybridized carbons (Fsp3) is 0.933. The van der Waals surface area contributed by atoms with E-state index >= 15 is 0 Å². The molecule has 1 amide bonds. The van der Waals surface area contributed by atoms with E-state index in [-0.39, 0.29) is 12.0 Å². The number of hydrogen-bond donors (Lipinski definition) is 2. The van der Waals surface area contributed by atoms with Gasteiger partial charge in [0.15, 0.2) is 0 Å². The van der Waals surface area contributed by atoms with Crippen LogP contribution in [0.5, 0.6) is 0 Å². The number of carbonyl (C=O) groups excluding carboxylic acids is 1. The quantitative estimate of drug-likeness (QED) is 0.744. The van der Waals surface area contributed by atoms with E-state index in [0.29, 0.717) is 12.5 Å². The van der Waals surface area contributed by atoms with Crippen LogP contribution in [-0.2, 0) is 9.53 Å². The van der Waals surface area contributed by atoms with Crippen molar-refractivity contribution in [2.45, 2.75) is 65.0 Å². The lowest BCUT2D eigenvalue weighted by atomic mass is 9.80. The monoisotopic (exact) mass is 270 g/mol. The third-order valence-electron chi connectivity index (χ3n) is 4.47. The number of ether oxygens (including phenoxy) is 1. The molecule has 4 atom stereocenters. The van der Waals surface area contributed by atoms with Crippen molar-refractivity contribution in [3.05, 3.63) is 0 Å². The van der Waals surface area contributed by atoms with Gasteiger partial charge in [0.1, 0.15) is 5.54 Å². The maximum Gasteiger partial charge on any atom is 0.239 e. The molecule has 0 aromatic heterocycles. The van der Waals surface area contributed by atoms with Crippen molar-refractivity contribution in [3.8, 4) is 0 Å². The van der Waals surface area contributed by atoms with E-state index < -0.39 is 5.54 Å². The molecule has 1 aliphatic carbocycles. The zero-order valence-electron chi connectivity index (χ0n) is 12.9. The predicted molar refractivity (Wildman–Crippen MR) is 77.8 cm³/mol. The van der Waals surface area contributed by atoms with E-state index in [9.17, 15) is 4.79 Å². The van der Waals surface area contributed by atoms with Gasteiger partial charge in [-0.25, -0.2) is 0 Å². The molecule has 0 heterocycles. The summed E-state index contributed by atoms with van der Waals surface area (Å²) in [5.41, 5.74) is 4.75. The smallest absolute Gasteiger partial charge is 0.239 e. The molecule has 0 aromatic rings. The molecule has 4 nitrogen and oxygen atoms in total. The second-order valence-electron chi connectivity index (χ2n) is 6.32. The Morgan fingerprint density at radius 2 is 2.05 bits per heavy atom. The van der Waals surface area contributed by atoms with E-state index in [4.69, 9.17) is 10.5 Å². The van der Waals surface area contributed by atoms with E-state index in [1.54, 1.807) is 0 Å². The Morgan fingerprint density at radius 3 is 2.58 bits per heavy atom. The highest BCUT2D eigenvalue weighted by atomic mass is 16.5. The fourth-order valence-electron chi connectivity index (χ4n) is 2.54. The zero-order chi connectivity index (χ0) is 14.5. The lowest BCUT2D eigenvalue weighted by molar-refractivity contribution is -0.128. The minimum absolute atomic E-state index is 0.272. The second kappa shape index (κ2) is 7.25. The van der Waals surface area contributed by atoms with E-state index in [1.807, 2.05) is 6.92 Å². The molecule has 0 radical (unpaired) electrons. The molecule has 112 valence electrons. The van der Waals surface area contributed by atoms with Gasteiger partial charge in [-0.3, -0.25) is 4.79 Å². The largest absolute Gasteiger partial charge is 0.376 e. The SMILES string of the molecule is CCCNC(C)(COC1CCC(C)C(C)C1)C(N)=O. The van der Waals surface area contributed by atoms with Crippen LogP contribution in [0.15, 0.2) is 0 Å². The summed E-state index contributed by atoms with van der Waals surface area (Å²) in [4.78, 5) is 11.6. The summed E-state index contributed by atoms with van der Waals surface area (Å²) in [7, 11) is 0. The molecule has 4 unspecified atom stereocenters. The summed E-state index contributed by atoms with van der Waals surface area (Å²) in [5, 5.41) is 3.21. The Bertz CT molecular complexity index is 296. The van der Waals surface area contributed by atoms with E-state index in [0.717, 1.165) is 31.7 Å². The van der Waals surface area contributed by atoms with Crippen molar-refractivity contribution < 1.29 is 9.53 Å². The Hall–Kier alpha value is -0.610. The molecule has 1 fully saturated rings. The molecule has 1 saturated carbocycles. The van der Waals surface area contributed by atoms with Gasteiger partial charge in [-0.1, -0.05) is 20.8 Å². The standard InChI is InChI=1S/C15H30N2O2/c1-5-8-17-15(4,14(16)18)10-19-13-7-6-11(2)12(3)9-13/h11-13,17H,5-10H2,1-4H3,(H2,16,18). The Morgan fingerprint density at radius 1 is 1.37 bits per heavy atom. The number of nitrogens with one attached hydrogen (secondary N) is 1. The van der Waals surface area contributed by atoms with Crippen molar-refractivity contribution in [3.63, 3.8) is 0 Å². The van der Waals surface area contributed by atoms with Crippen LogP contribution >= 0.6 is 0 Å². The van der Waals surface area contributed by atoms with Crippen LogP contribution < -0.4 is 11.1 Å². The molecule has 0 aliphatic heterocycles. The minimum Gasteiger partial charge on any atom is -0.376 e. The summed E-state index contributed by atoms with van der Waals surface area (Å²) in [6.45, 7) is 9.63. The van der Waals surface area contributed by atoms with Crippen LogP contribution in [-0.4, -0.2) is 30.7 Å². The van der Waals surface area contributed by atoms with Gasteiger partial charge in [-0.15, -0.1) is 0 Å². The molecule has 4 heteroatoms. The maximum absolute atomic E-state index is 11.6. The molecule has 0 bridgehead atoms. The van der Waals surface area contributed by atoms with Crippen molar-refractivity contribution in [1.29, 1.82) is 0 Å². The van der Waals surface area contributed by atoms with Crippen LogP contribution in [0.4, 0.5) is 0 Å². The minimum atomic E-state index is -0.748. The number of hydrogen-bond acceptors (Lipinski definition) is 3. The van der Waals surface area contributed by atoms with Gasteiger partial charge in [-0.2, -0.15) is 0 Å². The highest BCUT2D eigenvalue weighted by Crippen LogP contribution is 2.31. The van der Waals surface area contributed by atoms with Crippen LogP contribution in [0.3, 0.4) is 0 Å². The number of nitrogens with two attached hydrogens (primary N) is 1. The Kier molecular flexibility index (Phi) is 6.27. The van der Waals surface area contributed by atoms with Crippen molar-refractivity contribution in [2.75, 3.05) is 13.2 Å². The average molecular weight is 270 g/mol. The summed E-state index contributed by atoms with van der Waals surface area (Å²) in [5.74, 6) is 1.14. The lowest BCUT2D eigenvalue weighted by Crippen LogP contribution is -2.57. The van der Waals surface area contributed by atoms with Gasteiger partial charge in [0, 0.05) is 0 Å². The number of primary amides is 1. The van der Waals surface area contributed by atoms with Gasteiger partial charge < -0.3 is 15.8 Å². The second-order valence-corrected chi connectivity index (χ2v) is 6.32. The first-order valence-corrected chi connectivity index (χ1v) is 7.55. The number of carbonyl (C=O) groups is 1. The highest BCUT2D eigenvalue weighted by Gasteiger charge is 2.33. The zero-order valence-corrected chi connectivity index (χ0v) is 12.9. The van der Waals surface area contributed by atoms with Crippen LogP contribution in [0.2, 0.25) is 0 Å². The Labute approximate surface area is 117 Å². The molecule has 0 aromatic carbocycles. The molecule has 0 saturated heterocycles. The number of amides is 1. The van der Waals surface area contributed by atoms with Crippen molar-refractivity contribution in [1.82, 2.24) is 5.32 Å². The molecular formula is C15H30N2O2. The molecule has 1 aliphatic rings. The van der Waals surface area contributed by atoms with Crippen LogP contribution in [0.25, 0.3) is 0 Å². The first-order chi connectivity index (χ1) is 8.89. The third kappa shape index (κ3) is 4.77. The van der Waals surface area contributed by atoms with Gasteiger partial charge in [0.05, 0.1) is 12.7 Å². The third-order valence-corrected chi connectivity index (χ3v) is 4.47. The van der Waals surface area contributed by atoms with Gasteiger partial charge in [0.2, 0.25) is 5.91 Å². The van der Waals surface area contributed by atoms with E-state index in [2.05, 4.69) is 26.1 Å². The topological polar surface area (TPSA) is 64.3 Å². The van der Waals surface area contributed by atoms with Gasteiger partial charge in [0.25, 0.3) is 0 Å². The number of rotatable bonds is 7. The predicted octanol–water partition coefficient (Wildman–Crippen LogP) is 2.07. The fourth-order valence-corrected chi connectivity index (χ4v) is 2.54. The normalized spacial score (nSPS) is 30.8. The first kappa shape index (κ1) is 16.4. The summed E-state index contributed by atoms with van der Waals surface area (Å²) >= 11 is 0. The van der Waals surface area contributed by atoms with Crippen LogP contribution in [0.1, 0.15) is 53.4 Å². The Balaban J connectivity index is 2.46. The molecular weight excluding hydrogens is 240 g/mol. The van der Waals surface area contributed by atoms with Gasteiger partial charge >= 0.3 is 0 Å². The summed E-state index contributed by atoms with van der Waals surface area (Å²) < 4.78 is 5.96.